The number of carboxylic acids is 1. The minimum absolute atomic E-state index is 0.0471. The fourth-order valence-electron chi connectivity index (χ4n) is 1.42. The minimum atomic E-state index is -2.54. The second kappa shape index (κ2) is 8.23. The van der Waals surface area contributed by atoms with E-state index >= 15 is 0 Å². The Kier molecular flexibility index (Phi) is 6.64. The largest absolute Gasteiger partial charge is 0.477 e. The zero-order chi connectivity index (χ0) is 16.7. The SMILES string of the molecule is CC.O=C(O)c1cnc(Cl)nc1Nc1cnn(CC(F)F)c1. The highest BCUT2D eigenvalue weighted by Crippen LogP contribution is 2.19. The maximum atomic E-state index is 12.2. The second-order valence-electron chi connectivity index (χ2n) is 3.67. The van der Waals surface area contributed by atoms with Crippen LogP contribution in [0.5, 0.6) is 0 Å². The molecule has 0 radical (unpaired) electrons. The molecule has 2 aromatic heterocycles. The van der Waals surface area contributed by atoms with E-state index < -0.39 is 18.9 Å². The first-order chi connectivity index (χ1) is 10.5. The first-order valence-corrected chi connectivity index (χ1v) is 6.67. The zero-order valence-corrected chi connectivity index (χ0v) is 12.6. The number of hydrogen-bond acceptors (Lipinski definition) is 5. The summed E-state index contributed by atoms with van der Waals surface area (Å²) in [5.41, 5.74) is 0.110. The number of rotatable bonds is 5. The number of aromatic nitrogens is 4. The number of carboxylic acid groups (broad SMARTS) is 1. The van der Waals surface area contributed by atoms with Gasteiger partial charge in [0.25, 0.3) is 6.43 Å². The van der Waals surface area contributed by atoms with Gasteiger partial charge < -0.3 is 10.4 Å². The Morgan fingerprint density at radius 3 is 2.73 bits per heavy atom. The molecule has 0 spiro atoms. The van der Waals surface area contributed by atoms with Crippen LogP contribution in [-0.2, 0) is 6.54 Å². The highest BCUT2D eigenvalue weighted by atomic mass is 35.5. The van der Waals surface area contributed by atoms with Crippen molar-refractivity contribution in [3.63, 3.8) is 0 Å². The quantitative estimate of drug-likeness (QED) is 0.817. The van der Waals surface area contributed by atoms with Gasteiger partial charge in [-0.05, 0) is 11.6 Å². The Labute approximate surface area is 130 Å². The summed E-state index contributed by atoms with van der Waals surface area (Å²) in [5, 5.41) is 15.2. The molecule has 10 heteroatoms. The van der Waals surface area contributed by atoms with Crippen molar-refractivity contribution >= 4 is 29.1 Å². The van der Waals surface area contributed by atoms with Crippen molar-refractivity contribution in [1.29, 1.82) is 0 Å². The third-order valence-corrected chi connectivity index (χ3v) is 2.39. The molecule has 2 aromatic rings. The van der Waals surface area contributed by atoms with E-state index in [2.05, 4.69) is 20.4 Å². The van der Waals surface area contributed by atoms with Gasteiger partial charge in [-0.25, -0.2) is 18.6 Å². The summed E-state index contributed by atoms with van der Waals surface area (Å²) in [6.07, 6.45) is 1.08. The molecule has 0 aromatic carbocycles. The summed E-state index contributed by atoms with van der Waals surface area (Å²) < 4.78 is 25.4. The van der Waals surface area contributed by atoms with E-state index in [-0.39, 0.29) is 16.7 Å². The van der Waals surface area contributed by atoms with Gasteiger partial charge in [-0.3, -0.25) is 4.68 Å². The van der Waals surface area contributed by atoms with Crippen molar-refractivity contribution < 1.29 is 18.7 Å². The molecule has 0 bridgehead atoms. The predicted octanol–water partition coefficient (Wildman–Crippen LogP) is 3.06. The van der Waals surface area contributed by atoms with Crippen molar-refractivity contribution in [1.82, 2.24) is 19.7 Å². The molecule has 22 heavy (non-hydrogen) atoms. The predicted molar refractivity (Wildman–Crippen MR) is 76.9 cm³/mol. The van der Waals surface area contributed by atoms with Crippen molar-refractivity contribution in [2.45, 2.75) is 26.8 Å². The van der Waals surface area contributed by atoms with E-state index in [1.54, 1.807) is 0 Å². The summed E-state index contributed by atoms with van der Waals surface area (Å²) in [5.74, 6) is -1.29. The lowest BCUT2D eigenvalue weighted by molar-refractivity contribution is 0.0697. The van der Waals surface area contributed by atoms with Crippen LogP contribution in [0.15, 0.2) is 18.6 Å². The molecule has 0 saturated carbocycles. The van der Waals surface area contributed by atoms with Crippen LogP contribution >= 0.6 is 11.6 Å². The standard InChI is InChI=1S/C10H8ClF2N5O2.C2H6/c11-10-14-2-6(9(19)20)8(17-10)16-5-1-15-18(3-5)4-7(12)13;1-2/h1-3,7H,4H2,(H,19,20)(H,14,16,17);1-2H3. The van der Waals surface area contributed by atoms with Crippen LogP contribution in [0.25, 0.3) is 0 Å². The van der Waals surface area contributed by atoms with Gasteiger partial charge in [0.05, 0.1) is 11.9 Å². The average molecular weight is 334 g/mol. The monoisotopic (exact) mass is 333 g/mol. The van der Waals surface area contributed by atoms with E-state index in [0.717, 1.165) is 10.9 Å². The lowest BCUT2D eigenvalue weighted by Gasteiger charge is -2.06. The Morgan fingerprint density at radius 2 is 2.14 bits per heavy atom. The maximum absolute atomic E-state index is 12.2. The van der Waals surface area contributed by atoms with E-state index in [9.17, 15) is 13.6 Å². The first-order valence-electron chi connectivity index (χ1n) is 6.29. The van der Waals surface area contributed by atoms with Crippen LogP contribution in [0.2, 0.25) is 5.28 Å². The molecule has 0 amide bonds. The van der Waals surface area contributed by atoms with E-state index in [0.29, 0.717) is 5.69 Å². The molecule has 2 heterocycles. The van der Waals surface area contributed by atoms with Crippen LogP contribution in [0.4, 0.5) is 20.3 Å². The number of aromatic carboxylic acids is 1. The molecular weight excluding hydrogens is 320 g/mol. The van der Waals surface area contributed by atoms with Gasteiger partial charge in [0.1, 0.15) is 17.9 Å². The maximum Gasteiger partial charge on any atom is 0.341 e. The summed E-state index contributed by atoms with van der Waals surface area (Å²) in [6, 6.07) is 0. The number of nitrogens with zero attached hydrogens (tertiary/aromatic N) is 4. The molecule has 7 nitrogen and oxygen atoms in total. The Hall–Kier alpha value is -2.29. The third kappa shape index (κ3) is 4.92. The second-order valence-corrected chi connectivity index (χ2v) is 4.01. The summed E-state index contributed by atoms with van der Waals surface area (Å²) in [6.45, 7) is 3.44. The first kappa shape index (κ1) is 17.8. The van der Waals surface area contributed by atoms with Crippen molar-refractivity contribution in [3.8, 4) is 0 Å². The summed E-state index contributed by atoms with van der Waals surface area (Å²) in [7, 11) is 0. The van der Waals surface area contributed by atoms with Crippen LogP contribution < -0.4 is 5.32 Å². The number of alkyl halides is 2. The van der Waals surface area contributed by atoms with Gasteiger partial charge >= 0.3 is 5.97 Å². The molecule has 2 rings (SSSR count). The topological polar surface area (TPSA) is 92.9 Å². The van der Waals surface area contributed by atoms with E-state index in [1.807, 2.05) is 13.8 Å². The van der Waals surface area contributed by atoms with Gasteiger partial charge in [0, 0.05) is 12.4 Å². The van der Waals surface area contributed by atoms with Gasteiger partial charge in [-0.2, -0.15) is 10.1 Å². The van der Waals surface area contributed by atoms with Gasteiger partial charge in [-0.1, -0.05) is 13.8 Å². The molecule has 0 fully saturated rings. The molecule has 2 N–H and O–H groups in total. The number of anilines is 2. The average Bonchev–Trinajstić information content (AvgIpc) is 2.87. The molecule has 120 valence electrons. The normalized spacial score (nSPS) is 10.1. The fraction of sp³-hybridized carbons (Fsp3) is 0.333. The highest BCUT2D eigenvalue weighted by molar-refractivity contribution is 6.28. The van der Waals surface area contributed by atoms with Crippen molar-refractivity contribution in [3.05, 3.63) is 29.4 Å². The lowest BCUT2D eigenvalue weighted by Crippen LogP contribution is -2.07. The van der Waals surface area contributed by atoms with E-state index in [1.165, 1.54) is 12.4 Å². The zero-order valence-electron chi connectivity index (χ0n) is 11.8. The molecule has 0 aliphatic heterocycles. The van der Waals surface area contributed by atoms with Gasteiger partial charge in [-0.15, -0.1) is 0 Å². The summed E-state index contributed by atoms with van der Waals surface area (Å²) >= 11 is 5.59. The Balaban J connectivity index is 0.00000116. The molecule has 0 aliphatic rings. The van der Waals surface area contributed by atoms with Crippen molar-refractivity contribution in [2.75, 3.05) is 5.32 Å². The smallest absolute Gasteiger partial charge is 0.341 e. The van der Waals surface area contributed by atoms with Crippen LogP contribution in [-0.4, -0.2) is 37.2 Å². The van der Waals surface area contributed by atoms with Gasteiger partial charge in [0.2, 0.25) is 5.28 Å². The van der Waals surface area contributed by atoms with Gasteiger partial charge in [0.15, 0.2) is 0 Å². The van der Waals surface area contributed by atoms with Crippen molar-refractivity contribution in [2.24, 2.45) is 0 Å². The number of nitrogens with one attached hydrogen (secondary N) is 1. The van der Waals surface area contributed by atoms with Crippen LogP contribution in [0.1, 0.15) is 24.2 Å². The Bertz CT molecular complexity index is 636. The highest BCUT2D eigenvalue weighted by Gasteiger charge is 2.14. The molecular formula is C12H14ClF2N5O2. The third-order valence-electron chi connectivity index (χ3n) is 2.21. The minimum Gasteiger partial charge on any atom is -0.477 e. The molecule has 0 saturated heterocycles. The molecule has 0 atom stereocenters. The van der Waals surface area contributed by atoms with E-state index in [4.69, 9.17) is 16.7 Å². The number of halogens is 3. The Morgan fingerprint density at radius 1 is 1.45 bits per heavy atom. The van der Waals surface area contributed by atoms with Crippen LogP contribution in [0.3, 0.4) is 0 Å². The summed E-state index contributed by atoms with van der Waals surface area (Å²) in [4.78, 5) is 18.3. The number of hydrogen-bond donors (Lipinski definition) is 2. The lowest BCUT2D eigenvalue weighted by atomic mass is 10.3. The molecule has 0 aliphatic carbocycles. The van der Waals surface area contributed by atoms with Crippen LogP contribution in [0, 0.1) is 0 Å². The molecule has 0 unspecified atom stereocenters. The number of carbonyl (C=O) groups is 1. The fourth-order valence-corrected chi connectivity index (χ4v) is 1.55.